The first-order chi connectivity index (χ1) is 11.4. The van der Waals surface area contributed by atoms with Gasteiger partial charge in [-0.05, 0) is 70.2 Å². The first-order valence-corrected chi connectivity index (χ1v) is 8.05. The van der Waals surface area contributed by atoms with Gasteiger partial charge in [0.25, 0.3) is 5.91 Å². The molecule has 2 rings (SSSR count). The van der Waals surface area contributed by atoms with Gasteiger partial charge in [0.1, 0.15) is 5.69 Å². The average molecular weight is 327 g/mol. The fraction of sp³-hybridized carbons (Fsp3) is 0.389. The van der Waals surface area contributed by atoms with Gasteiger partial charge in [0.05, 0.1) is 0 Å². The third-order valence-electron chi connectivity index (χ3n) is 3.43. The second kappa shape index (κ2) is 8.40. The maximum Gasteiger partial charge on any atom is 0.274 e. The Morgan fingerprint density at radius 1 is 1.17 bits per heavy atom. The van der Waals surface area contributed by atoms with Crippen LogP contribution in [-0.4, -0.2) is 48.0 Å². The van der Waals surface area contributed by atoms with Gasteiger partial charge >= 0.3 is 0 Å². The normalized spacial score (nSPS) is 10.7. The summed E-state index contributed by atoms with van der Waals surface area (Å²) >= 11 is 0. The van der Waals surface area contributed by atoms with Crippen LogP contribution in [0.4, 0.5) is 11.6 Å². The number of carbonyl (C=O) groups is 1. The van der Waals surface area contributed by atoms with Crippen LogP contribution in [0.1, 0.15) is 28.0 Å². The van der Waals surface area contributed by atoms with Gasteiger partial charge in [0.2, 0.25) is 5.95 Å². The van der Waals surface area contributed by atoms with Gasteiger partial charge < -0.3 is 15.5 Å². The number of nitrogens with one attached hydrogen (secondary N) is 2. The van der Waals surface area contributed by atoms with Crippen LogP contribution in [0.15, 0.2) is 30.5 Å². The highest BCUT2D eigenvalue weighted by molar-refractivity contribution is 6.03. The largest absolute Gasteiger partial charge is 0.354 e. The monoisotopic (exact) mass is 327 g/mol. The van der Waals surface area contributed by atoms with Crippen LogP contribution >= 0.6 is 0 Å². The molecule has 0 aliphatic carbocycles. The SMILES string of the molecule is Cc1cc(C)cc(NC(=O)c2ccnc(NCCCN(C)C)n2)c1. The molecular weight excluding hydrogens is 302 g/mol. The molecule has 6 nitrogen and oxygen atoms in total. The Labute approximate surface area is 143 Å². The van der Waals surface area contributed by atoms with Gasteiger partial charge in [-0.2, -0.15) is 0 Å². The van der Waals surface area contributed by atoms with Gasteiger partial charge in [-0.15, -0.1) is 0 Å². The molecular formula is C18H25N5O. The molecule has 1 amide bonds. The molecule has 24 heavy (non-hydrogen) atoms. The van der Waals surface area contributed by atoms with Crippen LogP contribution in [0, 0.1) is 13.8 Å². The van der Waals surface area contributed by atoms with Crippen LogP contribution in [-0.2, 0) is 0 Å². The summed E-state index contributed by atoms with van der Waals surface area (Å²) in [6.45, 7) is 5.76. The molecule has 6 heteroatoms. The van der Waals surface area contributed by atoms with Crippen molar-refractivity contribution in [1.82, 2.24) is 14.9 Å². The van der Waals surface area contributed by atoms with Gasteiger partial charge in [-0.25, -0.2) is 9.97 Å². The Kier molecular flexibility index (Phi) is 6.26. The van der Waals surface area contributed by atoms with Crippen molar-refractivity contribution < 1.29 is 4.79 Å². The summed E-state index contributed by atoms with van der Waals surface area (Å²) in [5.41, 5.74) is 3.34. The first-order valence-electron chi connectivity index (χ1n) is 8.05. The van der Waals surface area contributed by atoms with Gasteiger partial charge in [0.15, 0.2) is 0 Å². The van der Waals surface area contributed by atoms with E-state index in [9.17, 15) is 4.79 Å². The number of benzene rings is 1. The summed E-state index contributed by atoms with van der Waals surface area (Å²) < 4.78 is 0. The van der Waals surface area contributed by atoms with Crippen molar-refractivity contribution in [3.63, 3.8) is 0 Å². The predicted molar refractivity (Wildman–Crippen MR) is 97.6 cm³/mol. The number of amides is 1. The minimum atomic E-state index is -0.237. The van der Waals surface area contributed by atoms with Crippen molar-refractivity contribution in [3.8, 4) is 0 Å². The Hall–Kier alpha value is -2.47. The maximum atomic E-state index is 12.4. The minimum absolute atomic E-state index is 0.237. The van der Waals surface area contributed by atoms with Crippen LogP contribution in [0.5, 0.6) is 0 Å². The van der Waals surface area contributed by atoms with Crippen molar-refractivity contribution in [2.75, 3.05) is 37.8 Å². The van der Waals surface area contributed by atoms with Crippen LogP contribution < -0.4 is 10.6 Å². The van der Waals surface area contributed by atoms with Gasteiger partial charge in [0, 0.05) is 18.4 Å². The topological polar surface area (TPSA) is 70.2 Å². The van der Waals surface area contributed by atoms with Gasteiger partial charge in [-0.3, -0.25) is 4.79 Å². The predicted octanol–water partition coefficient (Wildman–Crippen LogP) is 2.71. The molecule has 1 aromatic carbocycles. The lowest BCUT2D eigenvalue weighted by Crippen LogP contribution is -2.18. The van der Waals surface area contributed by atoms with E-state index in [2.05, 4.69) is 31.6 Å². The van der Waals surface area contributed by atoms with Crippen molar-refractivity contribution in [2.45, 2.75) is 20.3 Å². The van der Waals surface area contributed by atoms with Crippen molar-refractivity contribution >= 4 is 17.5 Å². The van der Waals surface area contributed by atoms with E-state index in [0.29, 0.717) is 11.6 Å². The summed E-state index contributed by atoms with van der Waals surface area (Å²) in [5.74, 6) is 0.237. The fourth-order valence-electron chi connectivity index (χ4n) is 2.41. The zero-order valence-corrected chi connectivity index (χ0v) is 14.8. The summed E-state index contributed by atoms with van der Waals surface area (Å²) in [7, 11) is 4.07. The Morgan fingerprint density at radius 3 is 2.54 bits per heavy atom. The molecule has 0 fully saturated rings. The maximum absolute atomic E-state index is 12.4. The van der Waals surface area contributed by atoms with E-state index in [1.165, 1.54) is 0 Å². The molecule has 0 aliphatic heterocycles. The molecule has 0 spiro atoms. The van der Waals surface area contributed by atoms with Crippen LogP contribution in [0.25, 0.3) is 0 Å². The third kappa shape index (κ3) is 5.62. The number of rotatable bonds is 7. The van der Waals surface area contributed by atoms with Gasteiger partial charge in [-0.1, -0.05) is 6.07 Å². The summed E-state index contributed by atoms with van der Waals surface area (Å²) in [5, 5.41) is 6.03. The highest BCUT2D eigenvalue weighted by atomic mass is 16.1. The zero-order chi connectivity index (χ0) is 17.5. The number of hydrogen-bond donors (Lipinski definition) is 2. The standard InChI is InChI=1S/C18H25N5O/c1-13-10-14(2)12-15(11-13)21-17(24)16-6-8-20-18(22-16)19-7-5-9-23(3)4/h6,8,10-12H,5,7,9H2,1-4H3,(H,21,24)(H,19,20,22). The highest BCUT2D eigenvalue weighted by Gasteiger charge is 2.09. The molecule has 1 aromatic heterocycles. The van der Waals surface area contributed by atoms with E-state index >= 15 is 0 Å². The minimum Gasteiger partial charge on any atom is -0.354 e. The third-order valence-corrected chi connectivity index (χ3v) is 3.43. The average Bonchev–Trinajstić information content (AvgIpc) is 2.50. The number of hydrogen-bond acceptors (Lipinski definition) is 5. The number of aromatic nitrogens is 2. The van der Waals surface area contributed by atoms with Crippen molar-refractivity contribution in [1.29, 1.82) is 0 Å². The molecule has 0 saturated carbocycles. The molecule has 0 aliphatic rings. The highest BCUT2D eigenvalue weighted by Crippen LogP contribution is 2.14. The fourth-order valence-corrected chi connectivity index (χ4v) is 2.41. The molecule has 0 radical (unpaired) electrons. The smallest absolute Gasteiger partial charge is 0.274 e. The number of carbonyl (C=O) groups excluding carboxylic acids is 1. The molecule has 0 unspecified atom stereocenters. The molecule has 0 atom stereocenters. The lowest BCUT2D eigenvalue weighted by molar-refractivity contribution is 0.102. The lowest BCUT2D eigenvalue weighted by Gasteiger charge is -2.10. The number of anilines is 2. The lowest BCUT2D eigenvalue weighted by atomic mass is 10.1. The van der Waals surface area contributed by atoms with E-state index in [0.717, 1.165) is 36.3 Å². The number of nitrogens with zero attached hydrogens (tertiary/aromatic N) is 3. The van der Waals surface area contributed by atoms with E-state index in [4.69, 9.17) is 0 Å². The van der Waals surface area contributed by atoms with E-state index in [1.54, 1.807) is 12.3 Å². The zero-order valence-electron chi connectivity index (χ0n) is 14.8. The van der Waals surface area contributed by atoms with Crippen LogP contribution in [0.3, 0.4) is 0 Å². The molecule has 2 N–H and O–H groups in total. The van der Waals surface area contributed by atoms with E-state index in [1.807, 2.05) is 40.1 Å². The summed E-state index contributed by atoms with van der Waals surface area (Å²) in [4.78, 5) is 22.9. The summed E-state index contributed by atoms with van der Waals surface area (Å²) in [6.07, 6.45) is 2.58. The molecule has 2 aromatic rings. The first kappa shape index (κ1) is 17.9. The molecule has 0 saturated heterocycles. The van der Waals surface area contributed by atoms with E-state index in [-0.39, 0.29) is 5.91 Å². The van der Waals surface area contributed by atoms with Crippen molar-refractivity contribution in [3.05, 3.63) is 47.3 Å². The molecule has 1 heterocycles. The molecule has 128 valence electrons. The quantitative estimate of drug-likeness (QED) is 0.765. The Bertz CT molecular complexity index is 679. The Balaban J connectivity index is 1.98. The second-order valence-electron chi connectivity index (χ2n) is 6.18. The molecule has 0 bridgehead atoms. The Morgan fingerprint density at radius 2 is 1.88 bits per heavy atom. The van der Waals surface area contributed by atoms with Crippen LogP contribution in [0.2, 0.25) is 0 Å². The summed E-state index contributed by atoms with van der Waals surface area (Å²) in [6, 6.07) is 7.55. The number of aryl methyl sites for hydroxylation is 2. The van der Waals surface area contributed by atoms with Crippen molar-refractivity contribution in [2.24, 2.45) is 0 Å². The van der Waals surface area contributed by atoms with E-state index < -0.39 is 0 Å². The second-order valence-corrected chi connectivity index (χ2v) is 6.18.